The summed E-state index contributed by atoms with van der Waals surface area (Å²) in [5, 5.41) is 5.41. The summed E-state index contributed by atoms with van der Waals surface area (Å²) in [7, 11) is 0. The Hall–Kier alpha value is -3.09. The normalized spacial score (nSPS) is 23.4. The number of nitrogens with one attached hydrogen (secondary N) is 2. The summed E-state index contributed by atoms with van der Waals surface area (Å²) in [6.45, 7) is 0.129. The van der Waals surface area contributed by atoms with Gasteiger partial charge in [0.15, 0.2) is 11.5 Å². The fourth-order valence-electron chi connectivity index (χ4n) is 5.01. The minimum Gasteiger partial charge on any atom is -0.454 e. The van der Waals surface area contributed by atoms with Crippen LogP contribution >= 0.6 is 0 Å². The molecular weight excluding hydrogens is 387 g/mol. The Morgan fingerprint density at radius 2 is 1.87 bits per heavy atom. The molecule has 30 heavy (non-hydrogen) atoms. The average Bonchev–Trinajstić information content (AvgIpc) is 3.46. The molecule has 0 saturated heterocycles. The minimum atomic E-state index is -0.530. The highest BCUT2D eigenvalue weighted by molar-refractivity contribution is 6.05. The van der Waals surface area contributed by atoms with E-state index in [4.69, 9.17) is 9.47 Å². The molecule has 1 heterocycles. The van der Waals surface area contributed by atoms with Crippen molar-refractivity contribution < 1.29 is 23.5 Å². The van der Waals surface area contributed by atoms with Gasteiger partial charge >= 0.3 is 0 Å². The van der Waals surface area contributed by atoms with Gasteiger partial charge in [0.25, 0.3) is 5.91 Å². The number of hydrogen-bond acceptors (Lipinski definition) is 4. The quantitative estimate of drug-likeness (QED) is 0.757. The summed E-state index contributed by atoms with van der Waals surface area (Å²) in [5.74, 6) is 1.84. The molecule has 3 atom stereocenters. The lowest BCUT2D eigenvalue weighted by Gasteiger charge is -2.21. The first-order chi connectivity index (χ1) is 14.5. The van der Waals surface area contributed by atoms with Crippen molar-refractivity contribution in [3.8, 4) is 11.5 Å². The van der Waals surface area contributed by atoms with E-state index in [9.17, 15) is 14.0 Å². The third-order valence-corrected chi connectivity index (χ3v) is 6.47. The standard InChI is InChI=1S/C23H23FN2O4/c24-18-5-4-17(25-23(28)15-3-6-20-21(9-15)30-12-29-20)11-19(18)26-22(27)10-16-8-13-1-2-14(16)7-13/h3-6,9,11,13-14,16H,1-2,7-8,10,12H2,(H,25,28)(H,26,27). The first kappa shape index (κ1) is 18.9. The van der Waals surface area contributed by atoms with Crippen LogP contribution in [0.3, 0.4) is 0 Å². The van der Waals surface area contributed by atoms with Crippen LogP contribution in [0.15, 0.2) is 36.4 Å². The fourth-order valence-corrected chi connectivity index (χ4v) is 5.01. The molecule has 7 heteroatoms. The van der Waals surface area contributed by atoms with Gasteiger partial charge in [-0.25, -0.2) is 4.39 Å². The lowest BCUT2D eigenvalue weighted by molar-refractivity contribution is -0.117. The molecule has 2 amide bonds. The number of ether oxygens (including phenoxy) is 2. The zero-order valence-electron chi connectivity index (χ0n) is 16.4. The molecule has 2 N–H and O–H groups in total. The van der Waals surface area contributed by atoms with Crippen molar-refractivity contribution in [2.45, 2.75) is 32.1 Å². The molecule has 2 aliphatic carbocycles. The Morgan fingerprint density at radius 3 is 2.67 bits per heavy atom. The van der Waals surface area contributed by atoms with E-state index < -0.39 is 5.82 Å². The molecule has 2 aromatic carbocycles. The lowest BCUT2D eigenvalue weighted by atomic mass is 9.86. The van der Waals surface area contributed by atoms with Crippen LogP contribution < -0.4 is 20.1 Å². The summed E-state index contributed by atoms with van der Waals surface area (Å²) >= 11 is 0. The molecule has 3 unspecified atom stereocenters. The third kappa shape index (κ3) is 3.72. The molecule has 0 spiro atoms. The maximum Gasteiger partial charge on any atom is 0.255 e. The van der Waals surface area contributed by atoms with Crippen molar-refractivity contribution in [1.82, 2.24) is 0 Å². The van der Waals surface area contributed by atoms with Gasteiger partial charge in [-0.2, -0.15) is 0 Å². The van der Waals surface area contributed by atoms with Gasteiger partial charge in [0, 0.05) is 17.7 Å². The molecule has 1 aliphatic heterocycles. The van der Waals surface area contributed by atoms with Crippen molar-refractivity contribution in [2.24, 2.45) is 17.8 Å². The molecular formula is C23H23FN2O4. The van der Waals surface area contributed by atoms with Crippen LogP contribution in [-0.4, -0.2) is 18.6 Å². The van der Waals surface area contributed by atoms with E-state index >= 15 is 0 Å². The second-order valence-electron chi connectivity index (χ2n) is 8.40. The van der Waals surface area contributed by atoms with E-state index in [-0.39, 0.29) is 24.3 Å². The highest BCUT2D eigenvalue weighted by Crippen LogP contribution is 2.49. The number of fused-ring (bicyclic) bond motifs is 3. The van der Waals surface area contributed by atoms with Crippen molar-refractivity contribution in [3.05, 3.63) is 47.8 Å². The second-order valence-corrected chi connectivity index (χ2v) is 8.40. The summed E-state index contributed by atoms with van der Waals surface area (Å²) < 4.78 is 24.8. The van der Waals surface area contributed by atoms with Crippen LogP contribution in [0.25, 0.3) is 0 Å². The molecule has 6 nitrogen and oxygen atoms in total. The van der Waals surface area contributed by atoms with Crippen molar-refractivity contribution >= 4 is 23.2 Å². The number of anilines is 2. The number of carbonyl (C=O) groups excluding carboxylic acids is 2. The van der Waals surface area contributed by atoms with Crippen LogP contribution in [0.4, 0.5) is 15.8 Å². The van der Waals surface area contributed by atoms with Crippen LogP contribution in [0, 0.1) is 23.6 Å². The second kappa shape index (κ2) is 7.63. The number of rotatable bonds is 5. The molecule has 3 aliphatic rings. The molecule has 5 rings (SSSR count). The van der Waals surface area contributed by atoms with Gasteiger partial charge in [-0.1, -0.05) is 6.42 Å². The van der Waals surface area contributed by atoms with Crippen LogP contribution in [0.2, 0.25) is 0 Å². The van der Waals surface area contributed by atoms with E-state index in [0.717, 1.165) is 12.3 Å². The predicted molar refractivity (Wildman–Crippen MR) is 109 cm³/mol. The maximum atomic E-state index is 14.2. The smallest absolute Gasteiger partial charge is 0.255 e. The summed E-state index contributed by atoms with van der Waals surface area (Å²) in [5.41, 5.74) is 0.867. The van der Waals surface area contributed by atoms with Crippen LogP contribution in [0.5, 0.6) is 11.5 Å². The molecule has 2 bridgehead atoms. The van der Waals surface area contributed by atoms with E-state index in [2.05, 4.69) is 10.6 Å². The monoisotopic (exact) mass is 410 g/mol. The van der Waals surface area contributed by atoms with Crippen molar-refractivity contribution in [2.75, 3.05) is 17.4 Å². The molecule has 2 aromatic rings. The first-order valence-electron chi connectivity index (χ1n) is 10.4. The first-order valence-corrected chi connectivity index (χ1v) is 10.4. The summed E-state index contributed by atoms with van der Waals surface area (Å²) in [6.07, 6.45) is 5.25. The van der Waals surface area contributed by atoms with E-state index in [0.29, 0.717) is 41.0 Å². The third-order valence-electron chi connectivity index (χ3n) is 6.47. The fraction of sp³-hybridized carbons (Fsp3) is 0.391. The minimum absolute atomic E-state index is 0.0756. The number of halogens is 1. The zero-order valence-corrected chi connectivity index (χ0v) is 16.4. The Bertz CT molecular complexity index is 1010. The SMILES string of the molecule is O=C(CC1CC2CCC1C2)Nc1cc(NC(=O)c2ccc3c(c2)OCO3)ccc1F. The van der Waals surface area contributed by atoms with E-state index in [1.165, 1.54) is 37.5 Å². The summed E-state index contributed by atoms with van der Waals surface area (Å²) in [4.78, 5) is 25.0. The predicted octanol–water partition coefficient (Wildman–Crippen LogP) is 4.57. The number of carbonyl (C=O) groups is 2. The highest BCUT2D eigenvalue weighted by atomic mass is 19.1. The van der Waals surface area contributed by atoms with Crippen LogP contribution in [-0.2, 0) is 4.79 Å². The molecule has 0 aromatic heterocycles. The van der Waals surface area contributed by atoms with Gasteiger partial charge in [0.2, 0.25) is 12.7 Å². The number of benzene rings is 2. The maximum absolute atomic E-state index is 14.2. The summed E-state index contributed by atoms with van der Waals surface area (Å²) in [6, 6.07) is 9.04. The van der Waals surface area contributed by atoms with E-state index in [1.807, 2.05) is 0 Å². The Kier molecular flexibility index (Phi) is 4.81. The molecule has 156 valence electrons. The van der Waals surface area contributed by atoms with Gasteiger partial charge in [-0.05, 0) is 73.4 Å². The zero-order chi connectivity index (χ0) is 20.7. The lowest BCUT2D eigenvalue weighted by Crippen LogP contribution is -2.21. The Labute approximate surface area is 173 Å². The molecule has 2 fully saturated rings. The topological polar surface area (TPSA) is 76.7 Å². The van der Waals surface area contributed by atoms with Gasteiger partial charge < -0.3 is 20.1 Å². The molecule has 0 radical (unpaired) electrons. The number of hydrogen-bond donors (Lipinski definition) is 2. The Morgan fingerprint density at radius 1 is 1.00 bits per heavy atom. The molecule has 2 saturated carbocycles. The highest BCUT2D eigenvalue weighted by Gasteiger charge is 2.40. The number of amides is 2. The van der Waals surface area contributed by atoms with Gasteiger partial charge in [0.05, 0.1) is 5.69 Å². The van der Waals surface area contributed by atoms with E-state index in [1.54, 1.807) is 18.2 Å². The van der Waals surface area contributed by atoms with Gasteiger partial charge in [-0.3, -0.25) is 9.59 Å². The van der Waals surface area contributed by atoms with Crippen molar-refractivity contribution in [1.29, 1.82) is 0 Å². The van der Waals surface area contributed by atoms with Gasteiger partial charge in [-0.15, -0.1) is 0 Å². The van der Waals surface area contributed by atoms with Crippen molar-refractivity contribution in [3.63, 3.8) is 0 Å². The van der Waals surface area contributed by atoms with Crippen LogP contribution in [0.1, 0.15) is 42.5 Å². The largest absolute Gasteiger partial charge is 0.454 e. The Balaban J connectivity index is 1.24. The van der Waals surface area contributed by atoms with Gasteiger partial charge in [0.1, 0.15) is 5.82 Å². The average molecular weight is 410 g/mol.